The zero-order valence-corrected chi connectivity index (χ0v) is 19.4. The number of hydrogen-bond donors (Lipinski definition) is 1. The molecule has 1 aromatic heterocycles. The van der Waals surface area contributed by atoms with Crippen molar-refractivity contribution in [3.8, 4) is 0 Å². The average molecular weight is 452 g/mol. The van der Waals surface area contributed by atoms with E-state index in [0.717, 1.165) is 42.3 Å². The summed E-state index contributed by atoms with van der Waals surface area (Å²) in [5.41, 5.74) is 3.87. The second kappa shape index (κ2) is 11.1. The first-order valence-electron chi connectivity index (χ1n) is 11.1. The highest BCUT2D eigenvalue weighted by Gasteiger charge is 2.23. The number of carboxylic acid groups (broad SMARTS) is 1. The van der Waals surface area contributed by atoms with Crippen molar-refractivity contribution in [1.82, 2.24) is 4.57 Å². The molecule has 3 aromatic rings. The SMILES string of the molecule is CC(CC(=O)O)CC(=O)c1c(CCCC/C=C/c2ccccc2)n(C)c2ccc(Cl)cc12. The van der Waals surface area contributed by atoms with Crippen molar-refractivity contribution in [2.24, 2.45) is 13.0 Å². The van der Waals surface area contributed by atoms with E-state index in [1.165, 1.54) is 5.56 Å². The fourth-order valence-electron chi connectivity index (χ4n) is 4.20. The molecule has 0 aliphatic rings. The molecule has 0 radical (unpaired) electrons. The van der Waals surface area contributed by atoms with Gasteiger partial charge in [0.1, 0.15) is 0 Å². The third kappa shape index (κ3) is 6.10. The molecule has 0 saturated carbocycles. The van der Waals surface area contributed by atoms with Crippen LogP contribution in [0.15, 0.2) is 54.6 Å². The summed E-state index contributed by atoms with van der Waals surface area (Å²) in [7, 11) is 1.98. The number of carbonyl (C=O) groups excluding carboxylic acids is 1. The molecule has 0 fully saturated rings. The minimum absolute atomic E-state index is 0.00871. The van der Waals surface area contributed by atoms with Crippen molar-refractivity contribution >= 4 is 40.3 Å². The summed E-state index contributed by atoms with van der Waals surface area (Å²) in [5.74, 6) is -1.11. The first-order chi connectivity index (χ1) is 15.4. The van der Waals surface area contributed by atoms with Gasteiger partial charge >= 0.3 is 5.97 Å². The van der Waals surface area contributed by atoms with E-state index >= 15 is 0 Å². The Morgan fingerprint density at radius 3 is 2.56 bits per heavy atom. The fraction of sp³-hybridized carbons (Fsp3) is 0.333. The number of hydrogen-bond acceptors (Lipinski definition) is 2. The number of benzene rings is 2. The Hall–Kier alpha value is -2.85. The van der Waals surface area contributed by atoms with Gasteiger partial charge in [-0.3, -0.25) is 9.59 Å². The number of Topliss-reactive ketones (excluding diaryl/α,β-unsaturated/α-hetero) is 1. The van der Waals surface area contributed by atoms with Gasteiger partial charge in [0.05, 0.1) is 0 Å². The Morgan fingerprint density at radius 2 is 1.84 bits per heavy atom. The molecule has 0 saturated heterocycles. The van der Waals surface area contributed by atoms with Crippen LogP contribution in [0.25, 0.3) is 17.0 Å². The molecule has 3 rings (SSSR count). The number of unbranched alkanes of at least 4 members (excludes halogenated alkanes) is 2. The summed E-state index contributed by atoms with van der Waals surface area (Å²) < 4.78 is 2.08. The molecule has 1 N–H and O–H groups in total. The lowest BCUT2D eigenvalue weighted by Crippen LogP contribution is -2.12. The lowest BCUT2D eigenvalue weighted by Gasteiger charge is -2.10. The number of aromatic nitrogens is 1. The third-order valence-electron chi connectivity index (χ3n) is 5.76. The molecule has 0 aliphatic carbocycles. The summed E-state index contributed by atoms with van der Waals surface area (Å²) in [6, 6.07) is 15.9. The summed E-state index contributed by atoms with van der Waals surface area (Å²) in [5, 5.41) is 10.5. The predicted octanol–water partition coefficient (Wildman–Crippen LogP) is 6.94. The van der Waals surface area contributed by atoms with Crippen molar-refractivity contribution in [3.05, 3.63) is 76.5 Å². The van der Waals surface area contributed by atoms with Crippen molar-refractivity contribution in [3.63, 3.8) is 0 Å². The van der Waals surface area contributed by atoms with Crippen molar-refractivity contribution in [2.45, 2.75) is 45.4 Å². The third-order valence-corrected chi connectivity index (χ3v) is 6.00. The van der Waals surface area contributed by atoms with E-state index in [9.17, 15) is 9.59 Å². The van der Waals surface area contributed by atoms with E-state index in [1.54, 1.807) is 0 Å². The lowest BCUT2D eigenvalue weighted by atomic mass is 9.94. The number of nitrogens with zero attached hydrogens (tertiary/aromatic N) is 1. The van der Waals surface area contributed by atoms with Gasteiger partial charge in [-0.15, -0.1) is 0 Å². The van der Waals surface area contributed by atoms with E-state index in [0.29, 0.717) is 10.6 Å². The van der Waals surface area contributed by atoms with Gasteiger partial charge < -0.3 is 9.67 Å². The molecule has 1 atom stereocenters. The number of ketones is 1. The normalized spacial score (nSPS) is 12.5. The van der Waals surface area contributed by atoms with Gasteiger partial charge in [-0.2, -0.15) is 0 Å². The van der Waals surface area contributed by atoms with E-state index in [1.807, 2.05) is 50.4 Å². The van der Waals surface area contributed by atoms with Crippen LogP contribution >= 0.6 is 11.6 Å². The number of aliphatic carboxylic acids is 1. The second-order valence-electron chi connectivity index (χ2n) is 8.43. The fourth-order valence-corrected chi connectivity index (χ4v) is 4.37. The summed E-state index contributed by atoms with van der Waals surface area (Å²) in [4.78, 5) is 24.3. The van der Waals surface area contributed by atoms with Crippen LogP contribution in [-0.4, -0.2) is 21.4 Å². The van der Waals surface area contributed by atoms with Crippen LogP contribution in [0.4, 0.5) is 0 Å². The molecule has 168 valence electrons. The molecule has 0 spiro atoms. The van der Waals surface area contributed by atoms with Crippen LogP contribution in [0.2, 0.25) is 5.02 Å². The number of aryl methyl sites for hydroxylation is 1. The summed E-state index contributed by atoms with van der Waals surface area (Å²) in [6.07, 6.45) is 8.27. The smallest absolute Gasteiger partial charge is 0.303 e. The number of carbonyl (C=O) groups is 2. The van der Waals surface area contributed by atoms with Crippen molar-refractivity contribution < 1.29 is 14.7 Å². The monoisotopic (exact) mass is 451 g/mol. The molecular formula is C27H30ClNO3. The topological polar surface area (TPSA) is 59.3 Å². The maximum Gasteiger partial charge on any atom is 0.303 e. The number of allylic oxidation sites excluding steroid dienone is 1. The second-order valence-corrected chi connectivity index (χ2v) is 8.87. The first-order valence-corrected chi connectivity index (χ1v) is 11.5. The van der Waals surface area contributed by atoms with Gasteiger partial charge in [0, 0.05) is 47.1 Å². The number of fused-ring (bicyclic) bond motifs is 1. The standard InChI is InChI=1S/C27H30ClNO3/c1-19(17-26(31)32)16-25(30)27-22-18-21(28)14-15-23(22)29(2)24(27)13-9-4-3-6-10-20-11-7-5-8-12-20/h5-8,10-12,14-15,18-19H,3-4,9,13,16-17H2,1-2H3,(H,31,32)/b10-6+. The van der Waals surface area contributed by atoms with Gasteiger partial charge in [0.2, 0.25) is 0 Å². The Bertz CT molecular complexity index is 1110. The molecule has 0 amide bonds. The largest absolute Gasteiger partial charge is 0.481 e. The van der Waals surface area contributed by atoms with Gasteiger partial charge in [0.25, 0.3) is 0 Å². The molecule has 4 nitrogen and oxygen atoms in total. The zero-order valence-electron chi connectivity index (χ0n) is 18.7. The van der Waals surface area contributed by atoms with E-state index in [2.05, 4.69) is 28.9 Å². The minimum atomic E-state index is -0.880. The van der Waals surface area contributed by atoms with Crippen molar-refractivity contribution in [1.29, 1.82) is 0 Å². The Morgan fingerprint density at radius 1 is 1.09 bits per heavy atom. The predicted molar refractivity (Wildman–Crippen MR) is 131 cm³/mol. The van der Waals surface area contributed by atoms with Crippen LogP contribution in [0.5, 0.6) is 0 Å². The molecular weight excluding hydrogens is 422 g/mol. The zero-order chi connectivity index (χ0) is 23.1. The maximum absolute atomic E-state index is 13.2. The molecule has 0 bridgehead atoms. The van der Waals surface area contributed by atoms with Gasteiger partial charge in [0.15, 0.2) is 5.78 Å². The summed E-state index contributed by atoms with van der Waals surface area (Å²) in [6.45, 7) is 1.81. The quantitative estimate of drug-likeness (QED) is 0.253. The van der Waals surface area contributed by atoms with Crippen molar-refractivity contribution in [2.75, 3.05) is 0 Å². The van der Waals surface area contributed by atoms with Gasteiger partial charge in [-0.1, -0.05) is 61.0 Å². The Labute approximate surface area is 194 Å². The number of carboxylic acids is 1. The van der Waals surface area contributed by atoms with Gasteiger partial charge in [-0.25, -0.2) is 0 Å². The Balaban J connectivity index is 1.74. The number of rotatable bonds is 11. The summed E-state index contributed by atoms with van der Waals surface area (Å²) >= 11 is 6.24. The first kappa shape index (κ1) is 23.8. The van der Waals surface area contributed by atoms with Gasteiger partial charge in [-0.05, 0) is 55.4 Å². The van der Waals surface area contributed by atoms with E-state index in [4.69, 9.17) is 16.7 Å². The molecule has 0 aliphatic heterocycles. The van der Waals surface area contributed by atoms with E-state index in [-0.39, 0.29) is 24.5 Å². The maximum atomic E-state index is 13.2. The molecule has 5 heteroatoms. The molecule has 1 unspecified atom stereocenters. The van der Waals surface area contributed by atoms with Crippen LogP contribution in [0, 0.1) is 5.92 Å². The highest BCUT2D eigenvalue weighted by Crippen LogP contribution is 2.31. The highest BCUT2D eigenvalue weighted by molar-refractivity contribution is 6.31. The van der Waals surface area contributed by atoms with Crippen LogP contribution in [0.1, 0.15) is 60.6 Å². The van der Waals surface area contributed by atoms with Crippen LogP contribution < -0.4 is 0 Å². The minimum Gasteiger partial charge on any atom is -0.481 e. The highest BCUT2D eigenvalue weighted by atomic mass is 35.5. The van der Waals surface area contributed by atoms with E-state index < -0.39 is 5.97 Å². The van der Waals surface area contributed by atoms with Crippen LogP contribution in [-0.2, 0) is 18.3 Å². The Kier molecular flexibility index (Phi) is 8.29. The lowest BCUT2D eigenvalue weighted by molar-refractivity contribution is -0.137. The number of halogens is 1. The average Bonchev–Trinajstić information content (AvgIpc) is 3.01. The van der Waals surface area contributed by atoms with Crippen LogP contribution in [0.3, 0.4) is 0 Å². The molecule has 32 heavy (non-hydrogen) atoms. The molecule has 1 heterocycles. The molecule has 2 aromatic carbocycles.